The number of nitrogens with one attached hydrogen (secondary N) is 1. The molecule has 1 amide bonds. The Bertz CT molecular complexity index is 1400. The van der Waals surface area contributed by atoms with Crippen LogP contribution in [0.5, 0.6) is 11.5 Å². The van der Waals surface area contributed by atoms with E-state index in [1.54, 1.807) is 19.2 Å². The number of methoxy groups -OCH3 is 1. The number of carbonyl (C=O) groups excluding carboxylic acids is 1. The van der Waals surface area contributed by atoms with Crippen LogP contribution in [0.15, 0.2) is 66.7 Å². The highest BCUT2D eigenvalue weighted by Gasteiger charge is 2.73. The number of fused-ring (bicyclic) bond motifs is 4. The van der Waals surface area contributed by atoms with Gasteiger partial charge in [0.25, 0.3) is 11.9 Å². The zero-order chi connectivity index (χ0) is 25.7. The molecule has 6 rings (SSSR count). The minimum Gasteiger partial charge on any atom is -0.493 e. The highest BCUT2D eigenvalue weighted by Crippen LogP contribution is 2.58. The molecule has 0 saturated carbocycles. The van der Waals surface area contributed by atoms with Crippen LogP contribution in [-0.2, 0) is 16.9 Å². The second kappa shape index (κ2) is 9.04. The summed E-state index contributed by atoms with van der Waals surface area (Å²) < 4.78 is 11.7. The third kappa shape index (κ3) is 3.50. The Kier molecular flexibility index (Phi) is 5.81. The van der Waals surface area contributed by atoms with Crippen molar-refractivity contribution < 1.29 is 19.2 Å². The molecular formula is C28H26ClN3O5. The van der Waals surface area contributed by atoms with Gasteiger partial charge in [0.1, 0.15) is 6.61 Å². The number of amides is 1. The molecule has 3 aliphatic heterocycles. The molecule has 37 heavy (non-hydrogen) atoms. The number of halogens is 1. The smallest absolute Gasteiger partial charge is 0.256 e. The first-order valence-electron chi connectivity index (χ1n) is 12.3. The molecule has 2 saturated heterocycles. The van der Waals surface area contributed by atoms with Crippen molar-refractivity contribution in [3.8, 4) is 11.5 Å². The van der Waals surface area contributed by atoms with Crippen molar-refractivity contribution in [2.45, 2.75) is 43.0 Å². The molecule has 8 nitrogen and oxygen atoms in total. The van der Waals surface area contributed by atoms with Gasteiger partial charge in [0, 0.05) is 39.3 Å². The third-order valence-electron chi connectivity index (χ3n) is 8.01. The summed E-state index contributed by atoms with van der Waals surface area (Å²) in [5.41, 5.74) is 1.58. The van der Waals surface area contributed by atoms with Crippen LogP contribution < -0.4 is 14.8 Å². The first-order valence-corrected chi connectivity index (χ1v) is 12.7. The number of para-hydroxylation sites is 1. The van der Waals surface area contributed by atoms with Crippen LogP contribution >= 0.6 is 11.6 Å². The number of anilines is 1. The monoisotopic (exact) mass is 519 g/mol. The van der Waals surface area contributed by atoms with E-state index >= 15 is 0 Å². The number of nitrogens with zero attached hydrogens (tertiary/aromatic N) is 2. The quantitative estimate of drug-likeness (QED) is 0.364. The minimum atomic E-state index is -1.35. The normalized spacial score (nSPS) is 26.1. The van der Waals surface area contributed by atoms with Gasteiger partial charge >= 0.3 is 0 Å². The molecule has 0 unspecified atom stereocenters. The molecule has 2 fully saturated rings. The Morgan fingerprint density at radius 1 is 1.14 bits per heavy atom. The summed E-state index contributed by atoms with van der Waals surface area (Å²) in [6.07, 6.45) is 1.65. The van der Waals surface area contributed by atoms with Crippen LogP contribution in [0.1, 0.15) is 35.4 Å². The van der Waals surface area contributed by atoms with E-state index in [0.717, 1.165) is 24.0 Å². The lowest BCUT2D eigenvalue weighted by molar-refractivity contribution is -0.534. The van der Waals surface area contributed by atoms with E-state index in [9.17, 15) is 14.9 Å². The van der Waals surface area contributed by atoms with E-state index in [1.807, 2.05) is 54.6 Å². The third-order valence-corrected chi connectivity index (χ3v) is 8.38. The van der Waals surface area contributed by atoms with Crippen LogP contribution in [0.25, 0.3) is 0 Å². The van der Waals surface area contributed by atoms with Crippen LogP contribution in [0.4, 0.5) is 5.69 Å². The van der Waals surface area contributed by atoms with E-state index in [2.05, 4.69) is 10.2 Å². The molecule has 0 aliphatic carbocycles. The summed E-state index contributed by atoms with van der Waals surface area (Å²) in [7, 11) is 1.55. The molecule has 0 aromatic heterocycles. The number of hydrogen-bond donors (Lipinski definition) is 1. The molecule has 1 N–H and O–H groups in total. The SMILES string of the molecule is COc1cc([C@@H]2[C@@H]3CCCN3[C@]3(C(=O)Nc4ccccc43)[C@@H]2[N+](=O)[O-])ccc1OCc1ccccc1Cl. The van der Waals surface area contributed by atoms with Gasteiger partial charge in [-0.05, 0) is 42.7 Å². The average molecular weight is 520 g/mol. The van der Waals surface area contributed by atoms with Gasteiger partial charge in [0.2, 0.25) is 0 Å². The van der Waals surface area contributed by atoms with Crippen LogP contribution in [0.2, 0.25) is 5.02 Å². The standard InChI is InChI=1S/C28H26ClN3O5/c1-36-24-15-17(12-13-23(24)37-16-18-7-2-4-9-20(18)29)25-22-11-6-14-31(22)28(26(25)32(34)35)19-8-3-5-10-21(19)30-27(28)33/h2-5,7-10,12-13,15,22,25-26H,6,11,14,16H2,1H3,(H,30,33)/t22-,25+,26+,28-/m0/s1. The molecular weight excluding hydrogens is 494 g/mol. The van der Waals surface area contributed by atoms with Gasteiger partial charge in [0.15, 0.2) is 17.0 Å². The lowest BCUT2D eigenvalue weighted by Gasteiger charge is -2.32. The second-order valence-electron chi connectivity index (χ2n) is 9.72. The van der Waals surface area contributed by atoms with E-state index in [-0.39, 0.29) is 23.5 Å². The lowest BCUT2D eigenvalue weighted by atomic mass is 9.77. The Hall–Kier alpha value is -3.62. The van der Waals surface area contributed by atoms with Crippen molar-refractivity contribution in [1.29, 1.82) is 0 Å². The molecule has 0 bridgehead atoms. The fraction of sp³-hybridized carbons (Fsp3) is 0.321. The molecule has 3 aromatic rings. The summed E-state index contributed by atoms with van der Waals surface area (Å²) in [4.78, 5) is 28.2. The minimum absolute atomic E-state index is 0.146. The molecule has 3 heterocycles. The van der Waals surface area contributed by atoms with Gasteiger partial charge in [-0.1, -0.05) is 54.1 Å². The number of nitro groups is 1. The number of benzene rings is 3. The summed E-state index contributed by atoms with van der Waals surface area (Å²) >= 11 is 6.27. The Morgan fingerprint density at radius 3 is 2.70 bits per heavy atom. The van der Waals surface area contributed by atoms with Gasteiger partial charge in [0.05, 0.1) is 13.0 Å². The highest BCUT2D eigenvalue weighted by atomic mass is 35.5. The van der Waals surface area contributed by atoms with Crippen molar-refractivity contribution in [2.24, 2.45) is 0 Å². The van der Waals surface area contributed by atoms with Crippen molar-refractivity contribution in [3.63, 3.8) is 0 Å². The van der Waals surface area contributed by atoms with E-state index in [0.29, 0.717) is 34.3 Å². The highest BCUT2D eigenvalue weighted by molar-refractivity contribution is 6.31. The predicted octanol–water partition coefficient (Wildman–Crippen LogP) is 4.98. The van der Waals surface area contributed by atoms with Gasteiger partial charge in [-0.2, -0.15) is 0 Å². The summed E-state index contributed by atoms with van der Waals surface area (Å²) in [5, 5.41) is 16.3. The Labute approximate surface area is 219 Å². The molecule has 190 valence electrons. The predicted molar refractivity (Wildman–Crippen MR) is 139 cm³/mol. The van der Waals surface area contributed by atoms with E-state index < -0.39 is 17.5 Å². The maximum absolute atomic E-state index is 13.6. The van der Waals surface area contributed by atoms with Gasteiger partial charge in [-0.3, -0.25) is 19.8 Å². The van der Waals surface area contributed by atoms with E-state index in [1.165, 1.54) is 0 Å². The molecule has 3 aromatic carbocycles. The summed E-state index contributed by atoms with van der Waals surface area (Å²) in [6.45, 7) is 0.885. The van der Waals surface area contributed by atoms with Crippen molar-refractivity contribution in [2.75, 3.05) is 19.0 Å². The summed E-state index contributed by atoms with van der Waals surface area (Å²) in [5.74, 6) is 0.176. The first kappa shape index (κ1) is 23.8. The van der Waals surface area contributed by atoms with Crippen LogP contribution in [0.3, 0.4) is 0 Å². The largest absolute Gasteiger partial charge is 0.493 e. The summed E-state index contributed by atoms with van der Waals surface area (Å²) in [6, 6.07) is 18.9. The molecule has 3 aliphatic rings. The lowest BCUT2D eigenvalue weighted by Crippen LogP contribution is -2.55. The molecule has 9 heteroatoms. The molecule has 0 radical (unpaired) electrons. The number of ether oxygens (including phenoxy) is 2. The van der Waals surface area contributed by atoms with Crippen molar-refractivity contribution in [1.82, 2.24) is 4.90 Å². The van der Waals surface area contributed by atoms with Crippen LogP contribution in [0, 0.1) is 10.1 Å². The maximum Gasteiger partial charge on any atom is 0.256 e. The van der Waals surface area contributed by atoms with Crippen molar-refractivity contribution in [3.05, 3.63) is 98.6 Å². The number of carbonyl (C=O) groups is 1. The molecule has 4 atom stereocenters. The molecule has 1 spiro atoms. The number of hydrogen-bond acceptors (Lipinski definition) is 6. The number of rotatable bonds is 6. The zero-order valence-corrected chi connectivity index (χ0v) is 21.0. The first-order chi connectivity index (χ1) is 18.0. The van der Waals surface area contributed by atoms with E-state index in [4.69, 9.17) is 21.1 Å². The fourth-order valence-corrected chi connectivity index (χ4v) is 6.75. The maximum atomic E-state index is 13.6. The Balaban J connectivity index is 1.40. The van der Waals surface area contributed by atoms with Gasteiger partial charge in [-0.25, -0.2) is 0 Å². The van der Waals surface area contributed by atoms with Crippen molar-refractivity contribution >= 4 is 23.2 Å². The topological polar surface area (TPSA) is 93.9 Å². The van der Waals surface area contributed by atoms with Gasteiger partial charge < -0.3 is 14.8 Å². The van der Waals surface area contributed by atoms with Crippen LogP contribution in [-0.4, -0.2) is 41.5 Å². The average Bonchev–Trinajstić information content (AvgIpc) is 3.56. The fourth-order valence-electron chi connectivity index (χ4n) is 6.56. The second-order valence-corrected chi connectivity index (χ2v) is 10.1. The van der Waals surface area contributed by atoms with Gasteiger partial charge in [-0.15, -0.1) is 0 Å². The zero-order valence-electron chi connectivity index (χ0n) is 20.2. The Morgan fingerprint density at radius 2 is 1.92 bits per heavy atom.